The molecule has 9 nitrogen and oxygen atoms in total. The first-order valence-electron chi connectivity index (χ1n) is 12.9. The maximum absolute atomic E-state index is 14.7. The molecule has 1 saturated carbocycles. The number of aromatic amines is 1. The van der Waals surface area contributed by atoms with E-state index in [-0.39, 0.29) is 35.3 Å². The summed E-state index contributed by atoms with van der Waals surface area (Å²) in [5.41, 5.74) is 1.25. The molecule has 2 atom stereocenters. The SMILES string of the molecule is O=C(N[C@@H]1CCC[C@H](Nc2nc(-c3c[nH]c4ncc(F)cc34)ncc2F)C1)c1cc(Oc2ccccc2)ccn1. The van der Waals surface area contributed by atoms with Gasteiger partial charge in [-0.1, -0.05) is 18.2 Å². The summed E-state index contributed by atoms with van der Waals surface area (Å²) in [6.07, 6.45) is 8.34. The van der Waals surface area contributed by atoms with Crippen molar-refractivity contribution in [1.29, 1.82) is 0 Å². The average Bonchev–Trinajstić information content (AvgIpc) is 3.38. The number of carbonyl (C=O) groups excluding carboxylic acids is 1. The molecule has 11 heteroatoms. The van der Waals surface area contributed by atoms with Gasteiger partial charge >= 0.3 is 0 Å². The third-order valence-electron chi connectivity index (χ3n) is 6.78. The summed E-state index contributed by atoms with van der Waals surface area (Å²) in [7, 11) is 0. The fraction of sp³-hybridized carbons (Fsp3) is 0.207. The van der Waals surface area contributed by atoms with Crippen LogP contribution in [-0.4, -0.2) is 42.9 Å². The second-order valence-corrected chi connectivity index (χ2v) is 9.61. The molecule has 5 aromatic rings. The molecule has 1 aromatic carbocycles. The molecular weight excluding hydrogens is 516 g/mol. The van der Waals surface area contributed by atoms with E-state index < -0.39 is 11.6 Å². The van der Waals surface area contributed by atoms with E-state index >= 15 is 0 Å². The van der Waals surface area contributed by atoms with Crippen molar-refractivity contribution in [2.75, 3.05) is 5.32 Å². The smallest absolute Gasteiger partial charge is 0.270 e. The van der Waals surface area contributed by atoms with Crippen molar-refractivity contribution in [2.24, 2.45) is 0 Å². The molecule has 0 aliphatic heterocycles. The van der Waals surface area contributed by atoms with Crippen LogP contribution in [0.25, 0.3) is 22.4 Å². The van der Waals surface area contributed by atoms with Gasteiger partial charge in [-0.25, -0.2) is 23.7 Å². The molecule has 0 bridgehead atoms. The van der Waals surface area contributed by atoms with Gasteiger partial charge in [0, 0.05) is 41.5 Å². The zero-order valence-corrected chi connectivity index (χ0v) is 21.3. The Bertz CT molecular complexity index is 1660. The normalized spacial score (nSPS) is 16.9. The lowest BCUT2D eigenvalue weighted by atomic mass is 9.91. The van der Waals surface area contributed by atoms with Crippen LogP contribution < -0.4 is 15.4 Å². The number of para-hydroxylation sites is 1. The Morgan fingerprint density at radius 1 is 0.975 bits per heavy atom. The molecule has 3 N–H and O–H groups in total. The molecule has 4 aromatic heterocycles. The summed E-state index contributed by atoms with van der Waals surface area (Å²) in [5, 5.41) is 6.73. The van der Waals surface area contributed by atoms with E-state index in [0.29, 0.717) is 34.5 Å². The van der Waals surface area contributed by atoms with Crippen LogP contribution in [0.2, 0.25) is 0 Å². The third-order valence-corrected chi connectivity index (χ3v) is 6.78. The molecule has 1 amide bonds. The number of benzene rings is 1. The summed E-state index contributed by atoms with van der Waals surface area (Å²) in [4.78, 5) is 32.6. The predicted molar refractivity (Wildman–Crippen MR) is 145 cm³/mol. The van der Waals surface area contributed by atoms with Crippen molar-refractivity contribution < 1.29 is 18.3 Å². The van der Waals surface area contributed by atoms with Crippen molar-refractivity contribution in [1.82, 2.24) is 30.2 Å². The molecule has 0 spiro atoms. The zero-order chi connectivity index (χ0) is 27.5. The Kier molecular flexibility index (Phi) is 7.00. The largest absolute Gasteiger partial charge is 0.457 e. The topological polar surface area (TPSA) is 118 Å². The third kappa shape index (κ3) is 5.58. The van der Waals surface area contributed by atoms with E-state index in [1.807, 2.05) is 30.3 Å². The highest BCUT2D eigenvalue weighted by Gasteiger charge is 2.26. The van der Waals surface area contributed by atoms with Crippen LogP contribution in [0.15, 0.2) is 73.3 Å². The Morgan fingerprint density at radius 2 is 1.82 bits per heavy atom. The highest BCUT2D eigenvalue weighted by Crippen LogP contribution is 2.28. The highest BCUT2D eigenvalue weighted by atomic mass is 19.1. The van der Waals surface area contributed by atoms with Gasteiger partial charge in [0.25, 0.3) is 5.91 Å². The van der Waals surface area contributed by atoms with E-state index in [0.717, 1.165) is 31.7 Å². The molecule has 1 aliphatic carbocycles. The summed E-state index contributed by atoms with van der Waals surface area (Å²) < 4.78 is 34.3. The molecule has 202 valence electrons. The summed E-state index contributed by atoms with van der Waals surface area (Å²) >= 11 is 0. The maximum atomic E-state index is 14.7. The van der Waals surface area contributed by atoms with Crippen LogP contribution in [0.5, 0.6) is 11.5 Å². The summed E-state index contributed by atoms with van der Waals surface area (Å²) in [6.45, 7) is 0. The average molecular weight is 542 g/mol. The van der Waals surface area contributed by atoms with Gasteiger partial charge in [-0.15, -0.1) is 0 Å². The number of ether oxygens (including phenoxy) is 1. The van der Waals surface area contributed by atoms with Gasteiger partial charge < -0.3 is 20.4 Å². The van der Waals surface area contributed by atoms with E-state index in [1.165, 1.54) is 12.3 Å². The standard InChI is InChI=1S/C29H25F2N7O2/c30-17-11-22-23(15-34-26(22)33-14-17)27-35-16-24(31)28(38-27)36-18-5-4-6-19(12-18)37-29(39)25-13-21(9-10-32-25)40-20-7-2-1-3-8-20/h1-3,7-11,13-16,18-19H,4-6,12H2,(H,33,34)(H,37,39)(H,35,36,38)/t18-,19+/m0/s1. The molecule has 1 aliphatic rings. The number of rotatable bonds is 7. The number of carbonyl (C=O) groups is 1. The van der Waals surface area contributed by atoms with E-state index in [9.17, 15) is 13.6 Å². The molecule has 40 heavy (non-hydrogen) atoms. The monoisotopic (exact) mass is 541 g/mol. The minimum Gasteiger partial charge on any atom is -0.457 e. The summed E-state index contributed by atoms with van der Waals surface area (Å²) in [6, 6.07) is 13.7. The van der Waals surface area contributed by atoms with Crippen LogP contribution in [0.1, 0.15) is 36.2 Å². The lowest BCUT2D eigenvalue weighted by Crippen LogP contribution is -2.42. The van der Waals surface area contributed by atoms with Crippen LogP contribution in [-0.2, 0) is 0 Å². The second kappa shape index (κ2) is 11.0. The first-order valence-corrected chi connectivity index (χ1v) is 12.9. The van der Waals surface area contributed by atoms with Crippen molar-refractivity contribution in [3.8, 4) is 22.9 Å². The van der Waals surface area contributed by atoms with Gasteiger partial charge in [0.15, 0.2) is 17.5 Å². The molecule has 4 heterocycles. The predicted octanol–water partition coefficient (Wildman–Crippen LogP) is 5.64. The number of nitrogens with one attached hydrogen (secondary N) is 3. The number of anilines is 1. The van der Waals surface area contributed by atoms with E-state index in [4.69, 9.17) is 4.74 Å². The Balaban J connectivity index is 1.12. The Morgan fingerprint density at radius 3 is 2.70 bits per heavy atom. The number of pyridine rings is 2. The van der Waals surface area contributed by atoms with Crippen molar-refractivity contribution in [3.05, 3.63) is 90.6 Å². The zero-order valence-electron chi connectivity index (χ0n) is 21.3. The van der Waals surface area contributed by atoms with Crippen LogP contribution >= 0.6 is 0 Å². The Labute approximate surface area is 228 Å². The molecule has 6 rings (SSSR count). The number of H-pyrrole nitrogens is 1. The molecule has 0 radical (unpaired) electrons. The number of hydrogen-bond acceptors (Lipinski definition) is 7. The van der Waals surface area contributed by atoms with Crippen molar-refractivity contribution in [3.63, 3.8) is 0 Å². The van der Waals surface area contributed by atoms with E-state index in [2.05, 4.69) is 35.6 Å². The first kappa shape index (κ1) is 25.4. The number of amides is 1. The fourth-order valence-corrected chi connectivity index (χ4v) is 4.89. The molecule has 1 fully saturated rings. The second-order valence-electron chi connectivity index (χ2n) is 9.61. The first-order chi connectivity index (χ1) is 19.5. The van der Waals surface area contributed by atoms with Crippen LogP contribution in [0.4, 0.5) is 14.6 Å². The minimum absolute atomic E-state index is 0.0492. The van der Waals surface area contributed by atoms with Crippen LogP contribution in [0, 0.1) is 11.6 Å². The quantitative estimate of drug-likeness (QED) is 0.244. The van der Waals surface area contributed by atoms with Crippen LogP contribution in [0.3, 0.4) is 0 Å². The van der Waals surface area contributed by atoms with Gasteiger partial charge in [0.2, 0.25) is 0 Å². The van der Waals surface area contributed by atoms with Gasteiger partial charge in [-0.05, 0) is 49.9 Å². The molecule has 0 saturated heterocycles. The van der Waals surface area contributed by atoms with Gasteiger partial charge in [-0.2, -0.15) is 0 Å². The van der Waals surface area contributed by atoms with Gasteiger partial charge in [0.1, 0.15) is 28.7 Å². The van der Waals surface area contributed by atoms with Crippen molar-refractivity contribution >= 4 is 22.8 Å². The number of fused-ring (bicyclic) bond motifs is 1. The van der Waals surface area contributed by atoms with Crippen molar-refractivity contribution in [2.45, 2.75) is 37.8 Å². The molecular formula is C29H25F2N7O2. The lowest BCUT2D eigenvalue weighted by molar-refractivity contribution is 0.0921. The summed E-state index contributed by atoms with van der Waals surface area (Å²) in [5.74, 6) is 0.0706. The Hall–Kier alpha value is -4.93. The number of nitrogens with zero attached hydrogens (tertiary/aromatic N) is 4. The van der Waals surface area contributed by atoms with E-state index in [1.54, 1.807) is 18.3 Å². The fourth-order valence-electron chi connectivity index (χ4n) is 4.89. The lowest BCUT2D eigenvalue weighted by Gasteiger charge is -2.30. The van der Waals surface area contributed by atoms with Gasteiger partial charge in [0.05, 0.1) is 12.4 Å². The highest BCUT2D eigenvalue weighted by molar-refractivity contribution is 5.93. The van der Waals surface area contributed by atoms with Gasteiger partial charge in [-0.3, -0.25) is 9.78 Å². The minimum atomic E-state index is -0.599. The maximum Gasteiger partial charge on any atom is 0.270 e. The molecule has 0 unspecified atom stereocenters. The number of hydrogen-bond donors (Lipinski definition) is 3. The number of halogens is 2. The number of aromatic nitrogens is 5.